The lowest BCUT2D eigenvalue weighted by Gasteiger charge is -2.47. The molecule has 5 aromatic rings. The van der Waals surface area contributed by atoms with Gasteiger partial charge in [0.2, 0.25) is 11.5 Å². The van der Waals surface area contributed by atoms with Gasteiger partial charge in [-0.15, -0.1) is 0 Å². The van der Waals surface area contributed by atoms with Crippen LogP contribution < -0.4 is 15.6 Å². The van der Waals surface area contributed by atoms with Crippen molar-refractivity contribution in [3.05, 3.63) is 141 Å². The molecule has 0 saturated carbocycles. The number of hydrogen-bond acceptors (Lipinski definition) is 7. The second kappa shape index (κ2) is 14.1. The molecular formula is C38H37N3O7. The third-order valence-corrected chi connectivity index (χ3v) is 8.92. The zero-order valence-corrected chi connectivity index (χ0v) is 26.3. The van der Waals surface area contributed by atoms with Crippen LogP contribution in [0.1, 0.15) is 40.3 Å². The first kappa shape index (κ1) is 32.5. The maximum Gasteiger partial charge on any atom is 0.317 e. The van der Waals surface area contributed by atoms with E-state index in [2.05, 4.69) is 10.3 Å². The van der Waals surface area contributed by atoms with Gasteiger partial charge in [-0.25, -0.2) is 0 Å². The number of fused-ring (bicyclic) bond motifs is 1. The standard InChI is InChI=1S/C38H37N3O7/c42-32-17-15-30(31-16-18-34(44)40-36(31)32)33(43)21-39-20-26-6-8-27(9-7-26)22-48-29-13-10-25(11-14-29)12-19-35(45)41-23-38(24-41,37(46)47)28-4-2-1-3-5-28/h1-11,13-18,33,39,42-43H,12,19-24H2,(H,40,44)(H,46,47). The van der Waals surface area contributed by atoms with Crippen LogP contribution in [0.15, 0.2) is 108 Å². The van der Waals surface area contributed by atoms with Crippen LogP contribution in [0.25, 0.3) is 10.9 Å². The van der Waals surface area contributed by atoms with E-state index < -0.39 is 17.5 Å². The fourth-order valence-corrected chi connectivity index (χ4v) is 6.07. The van der Waals surface area contributed by atoms with Gasteiger partial charge in [0.05, 0.1) is 11.6 Å². The SMILES string of the molecule is O=C(CCc1ccc(OCc2ccc(CNCC(O)c3ccc(O)c4[nH]c(=O)ccc34)cc2)cc1)N1CC(C(=O)O)(c2ccccc2)C1. The number of aliphatic hydroxyl groups excluding tert-OH is 1. The number of H-pyrrole nitrogens is 1. The third kappa shape index (κ3) is 7.10. The first-order chi connectivity index (χ1) is 23.2. The summed E-state index contributed by atoms with van der Waals surface area (Å²) in [7, 11) is 0. The molecule has 1 aliphatic rings. The van der Waals surface area contributed by atoms with Crippen LogP contribution in [0.5, 0.6) is 11.5 Å². The minimum Gasteiger partial charge on any atom is -0.506 e. The lowest BCUT2D eigenvalue weighted by molar-refractivity contribution is -0.156. The molecule has 10 nitrogen and oxygen atoms in total. The van der Waals surface area contributed by atoms with Gasteiger partial charge in [-0.05, 0) is 58.5 Å². The summed E-state index contributed by atoms with van der Waals surface area (Å²) in [5.41, 5.74) is 3.32. The maximum absolute atomic E-state index is 12.8. The van der Waals surface area contributed by atoms with Crippen molar-refractivity contribution in [2.45, 2.75) is 37.5 Å². The Hall–Kier alpha value is -5.45. The van der Waals surface area contributed by atoms with Gasteiger partial charge in [-0.2, -0.15) is 0 Å². The van der Waals surface area contributed by atoms with Crippen molar-refractivity contribution in [1.82, 2.24) is 15.2 Å². The largest absolute Gasteiger partial charge is 0.506 e. The number of ether oxygens (including phenoxy) is 1. The number of phenolic OH excluding ortho intramolecular Hbond substituents is 1. The summed E-state index contributed by atoms with van der Waals surface area (Å²) in [5.74, 6) is -0.290. The molecule has 48 heavy (non-hydrogen) atoms. The molecule has 1 aliphatic heterocycles. The molecule has 246 valence electrons. The number of pyridine rings is 1. The smallest absolute Gasteiger partial charge is 0.317 e. The molecule has 1 unspecified atom stereocenters. The summed E-state index contributed by atoms with van der Waals surface area (Å²) >= 11 is 0. The van der Waals surface area contributed by atoms with Crippen LogP contribution in [0.4, 0.5) is 0 Å². The topological polar surface area (TPSA) is 152 Å². The number of carboxylic acids is 1. The number of aryl methyl sites for hydroxylation is 1. The highest BCUT2D eigenvalue weighted by Crippen LogP contribution is 2.35. The molecule has 10 heteroatoms. The van der Waals surface area contributed by atoms with Crippen molar-refractivity contribution in [3.8, 4) is 11.5 Å². The first-order valence-electron chi connectivity index (χ1n) is 15.8. The van der Waals surface area contributed by atoms with Crippen LogP contribution in [-0.4, -0.2) is 56.7 Å². The number of aromatic hydroxyl groups is 1. The van der Waals surface area contributed by atoms with E-state index >= 15 is 0 Å². The Morgan fingerprint density at radius 3 is 2.27 bits per heavy atom. The molecule has 0 bridgehead atoms. The fourth-order valence-electron chi connectivity index (χ4n) is 6.07. The van der Waals surface area contributed by atoms with Crippen molar-refractivity contribution in [1.29, 1.82) is 0 Å². The monoisotopic (exact) mass is 647 g/mol. The zero-order valence-electron chi connectivity index (χ0n) is 26.3. The third-order valence-electron chi connectivity index (χ3n) is 8.92. The number of aliphatic carboxylic acids is 1. The van der Waals surface area contributed by atoms with Gasteiger partial charge in [-0.1, -0.05) is 72.8 Å². The highest BCUT2D eigenvalue weighted by Gasteiger charge is 2.52. The van der Waals surface area contributed by atoms with Gasteiger partial charge in [-0.3, -0.25) is 14.4 Å². The predicted octanol–water partition coefficient (Wildman–Crippen LogP) is 4.43. The second-order valence-corrected chi connectivity index (χ2v) is 12.2. The van der Waals surface area contributed by atoms with Crippen LogP contribution in [-0.2, 0) is 34.6 Å². The fraction of sp³-hybridized carbons (Fsp3) is 0.237. The zero-order chi connectivity index (χ0) is 33.7. The number of hydrogen-bond donors (Lipinski definition) is 5. The number of carboxylic acid groups (broad SMARTS) is 1. The van der Waals surface area contributed by atoms with E-state index in [-0.39, 0.29) is 36.9 Å². The average molecular weight is 648 g/mol. The van der Waals surface area contributed by atoms with E-state index in [0.29, 0.717) is 48.2 Å². The summed E-state index contributed by atoms with van der Waals surface area (Å²) in [4.78, 5) is 40.7. The van der Waals surface area contributed by atoms with Gasteiger partial charge in [0.1, 0.15) is 23.5 Å². The number of likely N-dealkylation sites (tertiary alicyclic amines) is 1. The maximum atomic E-state index is 12.8. The Morgan fingerprint density at radius 1 is 0.875 bits per heavy atom. The molecule has 1 fully saturated rings. The van der Waals surface area contributed by atoms with Crippen molar-refractivity contribution < 1.29 is 29.6 Å². The second-order valence-electron chi connectivity index (χ2n) is 12.2. The number of benzene rings is 4. The lowest BCUT2D eigenvalue weighted by Crippen LogP contribution is -2.65. The highest BCUT2D eigenvalue weighted by molar-refractivity contribution is 5.88. The molecule has 4 aromatic carbocycles. The summed E-state index contributed by atoms with van der Waals surface area (Å²) in [6.45, 7) is 1.58. The molecule has 1 saturated heterocycles. The van der Waals surface area contributed by atoms with Crippen molar-refractivity contribution in [2.75, 3.05) is 19.6 Å². The van der Waals surface area contributed by atoms with E-state index in [0.717, 1.165) is 22.3 Å². The highest BCUT2D eigenvalue weighted by atomic mass is 16.5. The number of aromatic nitrogens is 1. The van der Waals surface area contributed by atoms with E-state index in [1.807, 2.05) is 66.7 Å². The predicted molar refractivity (Wildman–Crippen MR) is 181 cm³/mol. The van der Waals surface area contributed by atoms with E-state index in [9.17, 15) is 29.7 Å². The summed E-state index contributed by atoms with van der Waals surface area (Å²) in [5, 5.41) is 34.5. The van der Waals surface area contributed by atoms with E-state index in [1.54, 1.807) is 29.2 Å². The number of carbonyl (C=O) groups is 2. The molecule has 1 atom stereocenters. The Balaban J connectivity index is 0.925. The van der Waals surface area contributed by atoms with Crippen molar-refractivity contribution in [2.24, 2.45) is 0 Å². The Kier molecular flexibility index (Phi) is 9.56. The molecule has 0 radical (unpaired) electrons. The van der Waals surface area contributed by atoms with Crippen LogP contribution in [0, 0.1) is 0 Å². The number of carbonyl (C=O) groups excluding carboxylic acids is 1. The van der Waals surface area contributed by atoms with Crippen molar-refractivity contribution >= 4 is 22.8 Å². The van der Waals surface area contributed by atoms with Crippen molar-refractivity contribution in [3.63, 3.8) is 0 Å². The normalized spacial score (nSPS) is 14.3. The molecule has 1 amide bonds. The van der Waals surface area contributed by atoms with Crippen LogP contribution in [0.2, 0.25) is 0 Å². The van der Waals surface area contributed by atoms with Gasteiger partial charge >= 0.3 is 5.97 Å². The van der Waals surface area contributed by atoms with Gasteiger partial charge < -0.3 is 35.3 Å². The minimum absolute atomic E-state index is 0.0455. The molecule has 0 spiro atoms. The van der Waals surface area contributed by atoms with Gasteiger partial charge in [0.25, 0.3) is 0 Å². The molecule has 0 aliphatic carbocycles. The first-order valence-corrected chi connectivity index (χ1v) is 15.8. The number of aromatic amines is 1. The van der Waals surface area contributed by atoms with Gasteiger partial charge in [0, 0.05) is 44.1 Å². The van der Waals surface area contributed by atoms with E-state index in [4.69, 9.17) is 4.74 Å². The lowest BCUT2D eigenvalue weighted by atomic mass is 9.73. The number of rotatable bonds is 13. The Bertz CT molecular complexity index is 1950. The van der Waals surface area contributed by atoms with E-state index in [1.165, 1.54) is 12.1 Å². The summed E-state index contributed by atoms with van der Waals surface area (Å²) < 4.78 is 5.96. The molecule has 6 rings (SSSR count). The van der Waals surface area contributed by atoms with Crippen LogP contribution >= 0.6 is 0 Å². The summed E-state index contributed by atoms with van der Waals surface area (Å²) in [6, 6.07) is 30.8. The molecule has 2 heterocycles. The number of amides is 1. The minimum atomic E-state index is -1.03. The number of phenols is 1. The Morgan fingerprint density at radius 2 is 1.56 bits per heavy atom. The molecular weight excluding hydrogens is 610 g/mol. The quantitative estimate of drug-likeness (QED) is 0.126. The van der Waals surface area contributed by atoms with Gasteiger partial charge in [0.15, 0.2) is 0 Å². The molecule has 5 N–H and O–H groups in total. The summed E-state index contributed by atoms with van der Waals surface area (Å²) in [6.07, 6.45) is 0.0266. The Labute approximate surface area is 277 Å². The number of aliphatic hydroxyl groups is 1. The number of nitrogens with zero attached hydrogens (tertiary/aromatic N) is 1. The number of nitrogens with one attached hydrogen (secondary N) is 2. The molecule has 1 aromatic heterocycles. The average Bonchev–Trinajstić information content (AvgIpc) is 3.07. The van der Waals surface area contributed by atoms with Crippen LogP contribution in [0.3, 0.4) is 0 Å².